The molecule has 0 radical (unpaired) electrons. The van der Waals surface area contributed by atoms with E-state index in [0.717, 1.165) is 12.4 Å². The lowest BCUT2D eigenvalue weighted by Gasteiger charge is -2.40. The van der Waals surface area contributed by atoms with Gasteiger partial charge >= 0.3 is 7.12 Å². The highest BCUT2D eigenvalue weighted by Crippen LogP contribution is 2.22. The fourth-order valence-electron chi connectivity index (χ4n) is 2.80. The third-order valence-electron chi connectivity index (χ3n) is 4.35. The summed E-state index contributed by atoms with van der Waals surface area (Å²) in [6.45, 7) is 5.86. The van der Waals surface area contributed by atoms with Crippen LogP contribution in [0, 0.1) is 11.7 Å². The maximum Gasteiger partial charge on any atom is 0.475 e. The van der Waals surface area contributed by atoms with Gasteiger partial charge in [-0.1, -0.05) is 13.8 Å². The SMILES string of the molecule is CC(C)C[C@H](NC(=O)[C@H](C)NC(=O)[C@@H]1CCN1c1ncc(F)cn1)B(O)O. The number of carbonyl (C=O) groups is 2. The van der Waals surface area contributed by atoms with E-state index in [-0.39, 0.29) is 17.8 Å². The van der Waals surface area contributed by atoms with Gasteiger partial charge in [0.25, 0.3) is 0 Å². The van der Waals surface area contributed by atoms with Crippen LogP contribution in [0.2, 0.25) is 0 Å². The lowest BCUT2D eigenvalue weighted by molar-refractivity contribution is -0.130. The van der Waals surface area contributed by atoms with Crippen molar-refractivity contribution >= 4 is 24.9 Å². The molecule has 11 heteroatoms. The molecule has 0 spiro atoms. The first-order valence-electron chi connectivity index (χ1n) is 8.90. The zero-order valence-corrected chi connectivity index (χ0v) is 15.6. The average Bonchev–Trinajstić information content (AvgIpc) is 2.54. The molecule has 1 aliphatic heterocycles. The molecule has 148 valence electrons. The Morgan fingerprint density at radius 3 is 2.41 bits per heavy atom. The Morgan fingerprint density at radius 2 is 1.93 bits per heavy atom. The molecule has 4 N–H and O–H groups in total. The molecule has 1 aromatic heterocycles. The van der Waals surface area contributed by atoms with Crippen molar-refractivity contribution in [3.8, 4) is 0 Å². The van der Waals surface area contributed by atoms with Gasteiger partial charge in [-0.2, -0.15) is 0 Å². The van der Waals surface area contributed by atoms with E-state index in [0.29, 0.717) is 19.4 Å². The van der Waals surface area contributed by atoms with Gasteiger partial charge in [-0.05, 0) is 25.7 Å². The van der Waals surface area contributed by atoms with Crippen LogP contribution in [-0.4, -0.2) is 63.5 Å². The van der Waals surface area contributed by atoms with Crippen LogP contribution in [0.15, 0.2) is 12.4 Å². The minimum Gasteiger partial charge on any atom is -0.426 e. The summed E-state index contributed by atoms with van der Waals surface area (Å²) < 4.78 is 12.9. The fraction of sp³-hybridized carbons (Fsp3) is 0.625. The topological polar surface area (TPSA) is 128 Å². The lowest BCUT2D eigenvalue weighted by atomic mass is 9.75. The first-order valence-corrected chi connectivity index (χ1v) is 8.90. The molecule has 1 aliphatic rings. The molecule has 2 heterocycles. The molecule has 0 aliphatic carbocycles. The molecule has 1 saturated heterocycles. The zero-order chi connectivity index (χ0) is 20.1. The summed E-state index contributed by atoms with van der Waals surface area (Å²) >= 11 is 0. The van der Waals surface area contributed by atoms with Crippen molar-refractivity contribution in [1.29, 1.82) is 0 Å². The quantitative estimate of drug-likeness (QED) is 0.436. The molecular weight excluding hydrogens is 356 g/mol. The van der Waals surface area contributed by atoms with Crippen LogP contribution in [0.4, 0.5) is 10.3 Å². The second-order valence-corrected chi connectivity index (χ2v) is 7.09. The van der Waals surface area contributed by atoms with Crippen LogP contribution in [0.5, 0.6) is 0 Å². The van der Waals surface area contributed by atoms with Gasteiger partial charge < -0.3 is 25.6 Å². The number of anilines is 1. The average molecular weight is 381 g/mol. The van der Waals surface area contributed by atoms with Gasteiger partial charge in [-0.3, -0.25) is 9.59 Å². The molecule has 3 atom stereocenters. The Hall–Kier alpha value is -2.27. The van der Waals surface area contributed by atoms with Gasteiger partial charge in [0.1, 0.15) is 12.1 Å². The molecule has 2 amide bonds. The number of nitrogens with one attached hydrogen (secondary N) is 2. The Balaban J connectivity index is 1.90. The summed E-state index contributed by atoms with van der Waals surface area (Å²) in [4.78, 5) is 34.0. The van der Waals surface area contributed by atoms with E-state index in [2.05, 4.69) is 20.6 Å². The number of halogens is 1. The Morgan fingerprint density at radius 1 is 1.30 bits per heavy atom. The largest absolute Gasteiger partial charge is 0.475 e. The lowest BCUT2D eigenvalue weighted by Crippen LogP contribution is -2.60. The van der Waals surface area contributed by atoms with Crippen LogP contribution in [-0.2, 0) is 9.59 Å². The molecule has 0 unspecified atom stereocenters. The smallest absolute Gasteiger partial charge is 0.426 e. The van der Waals surface area contributed by atoms with Gasteiger partial charge in [0.2, 0.25) is 17.8 Å². The molecule has 2 rings (SSSR count). The van der Waals surface area contributed by atoms with E-state index in [4.69, 9.17) is 0 Å². The van der Waals surface area contributed by atoms with Gasteiger partial charge in [-0.25, -0.2) is 14.4 Å². The highest BCUT2D eigenvalue weighted by molar-refractivity contribution is 6.43. The Bertz CT molecular complexity index is 661. The number of hydrogen-bond donors (Lipinski definition) is 4. The summed E-state index contributed by atoms with van der Waals surface area (Å²) in [5.74, 6) is -1.86. The van der Waals surface area contributed by atoms with E-state index in [9.17, 15) is 24.0 Å². The molecular formula is C16H25BFN5O4. The van der Waals surface area contributed by atoms with Gasteiger partial charge in [0.15, 0.2) is 5.82 Å². The van der Waals surface area contributed by atoms with Crippen molar-refractivity contribution < 1.29 is 24.0 Å². The maximum atomic E-state index is 12.9. The van der Waals surface area contributed by atoms with Crippen LogP contribution in [0.3, 0.4) is 0 Å². The molecule has 27 heavy (non-hydrogen) atoms. The number of hydrogen-bond acceptors (Lipinski definition) is 7. The van der Waals surface area contributed by atoms with Crippen LogP contribution in [0.1, 0.15) is 33.6 Å². The Labute approximate surface area is 157 Å². The van der Waals surface area contributed by atoms with Crippen LogP contribution < -0.4 is 15.5 Å². The summed E-state index contributed by atoms with van der Waals surface area (Å²) in [6.07, 6.45) is 3.01. The highest BCUT2D eigenvalue weighted by atomic mass is 19.1. The molecule has 1 fully saturated rings. The van der Waals surface area contributed by atoms with E-state index in [1.807, 2.05) is 13.8 Å². The first kappa shape index (κ1) is 21.0. The van der Waals surface area contributed by atoms with Gasteiger partial charge in [-0.15, -0.1) is 0 Å². The maximum absolute atomic E-state index is 12.9. The van der Waals surface area contributed by atoms with E-state index >= 15 is 0 Å². The second-order valence-electron chi connectivity index (χ2n) is 7.09. The van der Waals surface area contributed by atoms with Crippen molar-refractivity contribution in [3.05, 3.63) is 18.2 Å². The van der Waals surface area contributed by atoms with Crippen molar-refractivity contribution in [2.45, 2.75) is 51.6 Å². The van der Waals surface area contributed by atoms with Crippen molar-refractivity contribution in [2.24, 2.45) is 5.92 Å². The molecule has 1 aromatic rings. The predicted octanol–water partition coefficient (Wildman–Crippen LogP) is -0.758. The minimum absolute atomic E-state index is 0.154. The van der Waals surface area contributed by atoms with Gasteiger partial charge in [0.05, 0.1) is 18.3 Å². The van der Waals surface area contributed by atoms with E-state index in [1.54, 1.807) is 4.90 Å². The first-order chi connectivity index (χ1) is 12.7. The molecule has 0 bridgehead atoms. The normalized spacial score (nSPS) is 18.5. The van der Waals surface area contributed by atoms with Crippen molar-refractivity contribution in [1.82, 2.24) is 20.6 Å². The molecule has 0 saturated carbocycles. The van der Waals surface area contributed by atoms with E-state index < -0.39 is 36.9 Å². The standard InChI is InChI=1S/C16H25BFN5O4/c1-9(2)6-13(17(26)27)22-14(24)10(3)21-15(25)12-4-5-23(12)16-19-7-11(18)8-20-16/h7-10,12-13,26-27H,4-6H2,1-3H3,(H,21,25)(H,22,24)/t10-,12-,13-/m0/s1. The van der Waals surface area contributed by atoms with Crippen LogP contribution in [0.25, 0.3) is 0 Å². The summed E-state index contributed by atoms with van der Waals surface area (Å²) in [6, 6.07) is -1.40. The van der Waals surface area contributed by atoms with Crippen molar-refractivity contribution in [3.63, 3.8) is 0 Å². The third-order valence-corrected chi connectivity index (χ3v) is 4.35. The third kappa shape index (κ3) is 5.60. The number of nitrogens with zero attached hydrogens (tertiary/aromatic N) is 3. The van der Waals surface area contributed by atoms with Crippen LogP contribution >= 0.6 is 0 Å². The van der Waals surface area contributed by atoms with Crippen molar-refractivity contribution in [2.75, 3.05) is 11.4 Å². The molecule has 0 aromatic carbocycles. The number of aromatic nitrogens is 2. The number of carbonyl (C=O) groups excluding carboxylic acids is 2. The summed E-state index contributed by atoms with van der Waals surface area (Å²) in [5.41, 5.74) is 0. The molecule has 9 nitrogen and oxygen atoms in total. The number of rotatable bonds is 8. The summed E-state index contributed by atoms with van der Waals surface area (Å²) in [7, 11) is -1.68. The predicted molar refractivity (Wildman–Crippen MR) is 96.9 cm³/mol. The van der Waals surface area contributed by atoms with Gasteiger partial charge in [0, 0.05) is 6.54 Å². The minimum atomic E-state index is -1.68. The zero-order valence-electron chi connectivity index (χ0n) is 15.6. The monoisotopic (exact) mass is 381 g/mol. The highest BCUT2D eigenvalue weighted by Gasteiger charge is 2.37. The Kier molecular flexibility index (Phi) is 7.08. The van der Waals surface area contributed by atoms with E-state index in [1.165, 1.54) is 6.92 Å². The fourth-order valence-corrected chi connectivity index (χ4v) is 2.80. The summed E-state index contributed by atoms with van der Waals surface area (Å²) in [5, 5.41) is 23.9. The second kappa shape index (κ2) is 9.09. The number of amides is 2.